The van der Waals surface area contributed by atoms with Crippen molar-refractivity contribution in [1.82, 2.24) is 4.98 Å². The quantitative estimate of drug-likeness (QED) is 0.464. The Bertz CT molecular complexity index is 1270. The molecule has 0 fully saturated rings. The van der Waals surface area contributed by atoms with E-state index in [1.54, 1.807) is 38.7 Å². The van der Waals surface area contributed by atoms with Gasteiger partial charge in [-0.15, -0.1) is 11.3 Å². The Morgan fingerprint density at radius 3 is 2.92 bits per heavy atom. The fourth-order valence-electron chi connectivity index (χ4n) is 4.22. The number of nitrogens with one attached hydrogen (secondary N) is 1. The molecule has 0 aliphatic heterocycles. The zero-order valence-electron chi connectivity index (χ0n) is 20.3. The monoisotopic (exact) mass is 504 g/mol. The molecule has 2 heterocycles. The van der Waals surface area contributed by atoms with Gasteiger partial charge in [-0.2, -0.15) is 5.26 Å². The van der Waals surface area contributed by atoms with E-state index in [4.69, 9.17) is 9.47 Å². The molecule has 2 aromatic heterocycles. The molecule has 0 saturated heterocycles. The van der Waals surface area contributed by atoms with Crippen LogP contribution in [-0.4, -0.2) is 37.7 Å². The Morgan fingerprint density at radius 1 is 1.31 bits per heavy atom. The van der Waals surface area contributed by atoms with E-state index in [9.17, 15) is 14.9 Å². The van der Waals surface area contributed by atoms with Crippen molar-refractivity contribution in [3.05, 3.63) is 70.4 Å². The maximum atomic E-state index is 12.6. The van der Waals surface area contributed by atoms with Gasteiger partial charge < -0.3 is 14.8 Å². The van der Waals surface area contributed by atoms with Crippen LogP contribution in [0.15, 0.2) is 48.8 Å². The summed E-state index contributed by atoms with van der Waals surface area (Å²) in [6, 6.07) is 13.5. The number of pyridine rings is 1. The molecule has 2 amide bonds. The molecule has 1 aliphatic carbocycles. The van der Waals surface area contributed by atoms with Crippen molar-refractivity contribution in [2.75, 3.05) is 31.0 Å². The fourth-order valence-corrected chi connectivity index (χ4v) is 5.55. The molecule has 3 aromatic rings. The van der Waals surface area contributed by atoms with Gasteiger partial charge in [0.05, 0.1) is 31.2 Å². The highest BCUT2D eigenvalue weighted by Crippen LogP contribution is 2.39. The fraction of sp³-hybridized carbons (Fsp3) is 0.333. The highest BCUT2D eigenvalue weighted by molar-refractivity contribution is 7.16. The Labute approximate surface area is 214 Å². The van der Waals surface area contributed by atoms with E-state index in [1.807, 2.05) is 24.3 Å². The van der Waals surface area contributed by atoms with Crippen LogP contribution in [0.2, 0.25) is 0 Å². The zero-order chi connectivity index (χ0) is 25.5. The molecular weight excluding hydrogens is 476 g/mol. The van der Waals surface area contributed by atoms with Gasteiger partial charge in [-0.1, -0.05) is 12.1 Å². The topological polar surface area (TPSA) is 105 Å². The number of rotatable bonds is 8. The minimum Gasteiger partial charge on any atom is -0.497 e. The van der Waals surface area contributed by atoms with Crippen molar-refractivity contribution in [3.8, 4) is 11.8 Å². The molecule has 1 unspecified atom stereocenters. The Kier molecular flexibility index (Phi) is 8.18. The summed E-state index contributed by atoms with van der Waals surface area (Å²) in [5.74, 6) is 0.789. The molecule has 1 N–H and O–H groups in total. The molecule has 4 rings (SSSR count). The number of carbonyl (C=O) groups excluding carboxylic acids is 2. The van der Waals surface area contributed by atoms with Gasteiger partial charge in [-0.25, -0.2) is 4.79 Å². The third kappa shape index (κ3) is 6.01. The summed E-state index contributed by atoms with van der Waals surface area (Å²) >= 11 is 1.45. The zero-order valence-corrected chi connectivity index (χ0v) is 21.1. The van der Waals surface area contributed by atoms with Crippen LogP contribution in [0.3, 0.4) is 0 Å². The van der Waals surface area contributed by atoms with Gasteiger partial charge in [0.1, 0.15) is 16.8 Å². The molecule has 8 nitrogen and oxygen atoms in total. The number of ether oxygens (including phenoxy) is 2. The summed E-state index contributed by atoms with van der Waals surface area (Å²) < 4.78 is 10.8. The van der Waals surface area contributed by atoms with E-state index in [0.29, 0.717) is 42.1 Å². The number of hydrogen-bond acceptors (Lipinski definition) is 7. The molecule has 1 aromatic carbocycles. The first-order valence-corrected chi connectivity index (χ1v) is 12.6. The summed E-state index contributed by atoms with van der Waals surface area (Å²) in [5, 5.41) is 13.3. The second-order valence-electron chi connectivity index (χ2n) is 8.68. The molecule has 0 spiro atoms. The van der Waals surface area contributed by atoms with Crippen molar-refractivity contribution < 1.29 is 19.1 Å². The molecule has 0 radical (unpaired) electrons. The number of amides is 2. The maximum absolute atomic E-state index is 12.6. The second-order valence-corrected chi connectivity index (χ2v) is 9.78. The standard InChI is InChI=1S/C27H28N4O4S/c1-31(20-6-4-12-29-16-20)27(33)35-17-19-8-10-22-23(15-28)26(36-24(22)14-19)30-25(32)11-9-18-5-3-7-21(13-18)34-2/h3-7,12-13,16,19H,8-11,14,17H2,1-2H3,(H,30,32). The SMILES string of the molecule is COc1cccc(CCC(=O)Nc2sc3c(c2C#N)CCC(COC(=O)N(C)c2cccnc2)C3)c1. The lowest BCUT2D eigenvalue weighted by Gasteiger charge is -2.23. The number of aromatic nitrogens is 1. The number of fused-ring (bicyclic) bond motifs is 1. The number of aryl methyl sites for hydroxylation is 1. The predicted octanol–water partition coefficient (Wildman–Crippen LogP) is 4.97. The lowest BCUT2D eigenvalue weighted by Crippen LogP contribution is -2.30. The Hall–Kier alpha value is -3.90. The number of methoxy groups -OCH3 is 1. The predicted molar refractivity (Wildman–Crippen MR) is 138 cm³/mol. The van der Waals surface area contributed by atoms with Crippen molar-refractivity contribution in [2.45, 2.75) is 32.1 Å². The molecule has 36 heavy (non-hydrogen) atoms. The van der Waals surface area contributed by atoms with Gasteiger partial charge in [0.15, 0.2) is 0 Å². The highest BCUT2D eigenvalue weighted by atomic mass is 32.1. The van der Waals surface area contributed by atoms with Crippen LogP contribution in [0.5, 0.6) is 5.75 Å². The third-order valence-corrected chi connectivity index (χ3v) is 7.43. The summed E-state index contributed by atoms with van der Waals surface area (Å²) in [6.45, 7) is 0.297. The largest absolute Gasteiger partial charge is 0.497 e. The number of nitriles is 1. The molecule has 1 aliphatic rings. The van der Waals surface area contributed by atoms with E-state index in [2.05, 4.69) is 16.4 Å². The Balaban J connectivity index is 1.33. The number of hydrogen-bond donors (Lipinski definition) is 1. The van der Waals surface area contributed by atoms with E-state index in [0.717, 1.165) is 34.6 Å². The molecule has 1 atom stereocenters. The van der Waals surface area contributed by atoms with Gasteiger partial charge in [-0.05, 0) is 67.0 Å². The van der Waals surface area contributed by atoms with Crippen molar-refractivity contribution in [3.63, 3.8) is 0 Å². The number of anilines is 2. The van der Waals surface area contributed by atoms with Crippen molar-refractivity contribution in [2.24, 2.45) is 5.92 Å². The summed E-state index contributed by atoms with van der Waals surface area (Å²) in [5.41, 5.74) is 3.23. The van der Waals surface area contributed by atoms with Gasteiger partial charge >= 0.3 is 6.09 Å². The van der Waals surface area contributed by atoms with E-state index in [-0.39, 0.29) is 11.8 Å². The number of nitrogens with zero attached hydrogens (tertiary/aromatic N) is 3. The number of benzene rings is 1. The summed E-state index contributed by atoms with van der Waals surface area (Å²) in [7, 11) is 3.27. The molecule has 0 saturated carbocycles. The van der Waals surface area contributed by atoms with Gasteiger partial charge in [0, 0.05) is 24.5 Å². The molecule has 0 bridgehead atoms. The maximum Gasteiger partial charge on any atom is 0.414 e. The smallest absolute Gasteiger partial charge is 0.414 e. The average Bonchev–Trinajstić information content (AvgIpc) is 3.26. The van der Waals surface area contributed by atoms with Crippen LogP contribution < -0.4 is 15.0 Å². The Morgan fingerprint density at radius 2 is 2.17 bits per heavy atom. The van der Waals surface area contributed by atoms with Gasteiger partial charge in [0.2, 0.25) is 5.91 Å². The molecule has 9 heteroatoms. The van der Waals surface area contributed by atoms with Crippen LogP contribution in [0.25, 0.3) is 0 Å². The first-order valence-electron chi connectivity index (χ1n) is 11.8. The summed E-state index contributed by atoms with van der Waals surface area (Å²) in [6.07, 6.45) is 5.95. The van der Waals surface area contributed by atoms with Crippen LogP contribution in [0.4, 0.5) is 15.5 Å². The van der Waals surface area contributed by atoms with Gasteiger partial charge in [0.25, 0.3) is 0 Å². The van der Waals surface area contributed by atoms with Crippen LogP contribution in [0.1, 0.15) is 34.4 Å². The molecule has 186 valence electrons. The number of carbonyl (C=O) groups is 2. The first kappa shape index (κ1) is 25.2. The van der Waals surface area contributed by atoms with Crippen molar-refractivity contribution >= 4 is 34.0 Å². The van der Waals surface area contributed by atoms with E-state index >= 15 is 0 Å². The lowest BCUT2D eigenvalue weighted by molar-refractivity contribution is -0.116. The van der Waals surface area contributed by atoms with Crippen molar-refractivity contribution in [1.29, 1.82) is 5.26 Å². The minimum atomic E-state index is -0.429. The van der Waals surface area contributed by atoms with Crippen LogP contribution >= 0.6 is 11.3 Å². The second kappa shape index (κ2) is 11.7. The highest BCUT2D eigenvalue weighted by Gasteiger charge is 2.27. The minimum absolute atomic E-state index is 0.128. The normalized spacial score (nSPS) is 14.3. The van der Waals surface area contributed by atoms with E-state index in [1.165, 1.54) is 16.2 Å². The first-order chi connectivity index (χ1) is 17.5. The van der Waals surface area contributed by atoms with Crippen LogP contribution in [-0.2, 0) is 28.8 Å². The van der Waals surface area contributed by atoms with Crippen LogP contribution in [0, 0.1) is 17.2 Å². The lowest BCUT2D eigenvalue weighted by atomic mass is 9.88. The van der Waals surface area contributed by atoms with Gasteiger partial charge in [-0.3, -0.25) is 14.7 Å². The average molecular weight is 505 g/mol. The number of thiophene rings is 1. The summed E-state index contributed by atoms with van der Waals surface area (Å²) in [4.78, 5) is 31.6. The molecular formula is C27H28N4O4S. The third-order valence-electron chi connectivity index (χ3n) is 6.26. The van der Waals surface area contributed by atoms with E-state index < -0.39 is 6.09 Å².